The third-order valence-corrected chi connectivity index (χ3v) is 15.8. The third kappa shape index (κ3) is 15.1. The Morgan fingerprint density at radius 3 is 1.41 bits per heavy atom. The zero-order chi connectivity index (χ0) is 14.6. The third-order valence-electron chi connectivity index (χ3n) is 2.41. The first-order chi connectivity index (χ1) is 7.93. The molecule has 0 aliphatic heterocycles. The van der Waals surface area contributed by atoms with Crippen LogP contribution in [0.3, 0.4) is 0 Å². The minimum Gasteiger partial charge on any atom is -0.435 e. The van der Waals surface area contributed by atoms with E-state index in [0.29, 0.717) is 0 Å². The van der Waals surface area contributed by atoms with Crippen LogP contribution >= 0.6 is 0 Å². The zero-order valence-corrected chi connectivity index (χ0v) is 17.0. The second kappa shape index (κ2) is 12.6. The Hall–Kier alpha value is 0.228. The largest absolute Gasteiger partial charge is 0.435 e. The van der Waals surface area contributed by atoms with E-state index in [0.717, 1.165) is 0 Å². The fourth-order valence-electron chi connectivity index (χ4n) is 1.60. The normalized spacial score (nSPS) is 12.5. The van der Waals surface area contributed by atoms with Crippen molar-refractivity contribution >= 4 is 34.5 Å². The molecule has 0 aromatic heterocycles. The lowest BCUT2D eigenvalue weighted by molar-refractivity contribution is 0.354. The summed E-state index contributed by atoms with van der Waals surface area (Å²) in [5.74, 6) is 0. The van der Waals surface area contributed by atoms with Gasteiger partial charge in [-0.05, 0) is 45.8 Å². The van der Waals surface area contributed by atoms with Crippen LogP contribution in [0.2, 0.25) is 45.8 Å². The van der Waals surface area contributed by atoms with Crippen molar-refractivity contribution in [3.63, 3.8) is 0 Å². The minimum atomic E-state index is -2.12. The predicted octanol–water partition coefficient (Wildman–Crippen LogP) is 5.99. The van der Waals surface area contributed by atoms with Crippen molar-refractivity contribution in [3.05, 3.63) is 24.6 Å². The first kappa shape index (κ1) is 33.7. The first-order valence-electron chi connectivity index (χ1n) is 6.26. The maximum atomic E-state index is 6.18. The van der Waals surface area contributed by atoms with Crippen LogP contribution in [-0.4, -0.2) is 34.5 Å². The second-order valence-corrected chi connectivity index (χ2v) is 19.8. The van der Waals surface area contributed by atoms with Crippen molar-refractivity contribution in [2.75, 3.05) is 0 Å². The highest BCUT2D eigenvalue weighted by Crippen LogP contribution is 2.18. The lowest BCUT2D eigenvalue weighted by Crippen LogP contribution is -2.50. The minimum absolute atomic E-state index is 0. The summed E-state index contributed by atoms with van der Waals surface area (Å²) in [5.41, 5.74) is 3.89. The summed E-state index contributed by atoms with van der Waals surface area (Å²) in [7, 11) is -7.31. The van der Waals surface area contributed by atoms with E-state index in [1.165, 1.54) is 0 Å². The van der Waals surface area contributed by atoms with Gasteiger partial charge in [0.05, 0.1) is 0 Å². The van der Waals surface area contributed by atoms with Crippen LogP contribution in [-0.2, 0) is 12.3 Å². The Kier molecular flexibility index (Phi) is 19.4. The Morgan fingerprint density at radius 2 is 1.09 bits per heavy atom. The van der Waals surface area contributed by atoms with Crippen LogP contribution in [0.5, 0.6) is 0 Å². The van der Waals surface area contributed by atoms with Crippen LogP contribution in [0.15, 0.2) is 24.6 Å². The van der Waals surface area contributed by atoms with E-state index in [1.807, 2.05) is 11.4 Å². The van der Waals surface area contributed by atoms with Crippen molar-refractivity contribution in [2.45, 2.75) is 75.5 Å². The lowest BCUT2D eigenvalue weighted by atomic mass is 11.3. The highest BCUT2D eigenvalue weighted by molar-refractivity contribution is 6.88. The molecule has 3 nitrogen and oxygen atoms in total. The fraction of sp³-hybridized carbons (Fsp3) is 0.733. The Bertz CT molecular complexity index is 305. The molecule has 0 aromatic carbocycles. The molecule has 0 radical (unpaired) electrons. The Labute approximate surface area is 147 Å². The molecular weight excluding hydrogens is 341 g/mol. The van der Waals surface area contributed by atoms with E-state index in [4.69, 9.17) is 12.3 Å². The molecule has 0 saturated heterocycles. The molecule has 1 unspecified atom stereocenters. The summed E-state index contributed by atoms with van der Waals surface area (Å²) in [4.78, 5) is 0. The van der Waals surface area contributed by atoms with E-state index in [-0.39, 0.29) is 29.7 Å². The van der Waals surface area contributed by atoms with Crippen molar-refractivity contribution in [1.29, 1.82) is 0 Å². The molecule has 0 heterocycles. The van der Waals surface area contributed by atoms with Gasteiger partial charge in [0.25, 0.3) is 9.28 Å². The van der Waals surface area contributed by atoms with Crippen molar-refractivity contribution in [1.82, 2.24) is 0 Å². The molecule has 138 valence electrons. The second-order valence-electron chi connectivity index (χ2n) is 5.92. The summed E-state index contributed by atoms with van der Waals surface area (Å²) in [6, 6.07) is 0. The van der Waals surface area contributed by atoms with Gasteiger partial charge in [-0.15, -0.1) is 13.2 Å². The van der Waals surface area contributed by atoms with Crippen molar-refractivity contribution in [2.24, 2.45) is 0 Å². The van der Waals surface area contributed by atoms with E-state index >= 15 is 0 Å². The average Bonchev–Trinajstić information content (AvgIpc) is 2.14. The van der Waals surface area contributed by atoms with Crippen LogP contribution < -0.4 is 0 Å². The van der Waals surface area contributed by atoms with Crippen LogP contribution in [0.4, 0.5) is 0 Å². The molecule has 0 bridgehead atoms. The van der Waals surface area contributed by atoms with E-state index in [1.54, 1.807) is 0 Å². The predicted molar refractivity (Wildman–Crippen MR) is 116 cm³/mol. The van der Waals surface area contributed by atoms with Gasteiger partial charge in [-0.2, -0.15) is 0 Å². The first-order valence-corrected chi connectivity index (χ1v) is 17.1. The topological polar surface area (TPSA) is 27.7 Å². The molecule has 0 aliphatic rings. The molecule has 0 amide bonds. The summed E-state index contributed by atoms with van der Waals surface area (Å²) >= 11 is 0. The Balaban J connectivity index is -0.000000241. The smallest absolute Gasteiger partial charge is 0.312 e. The van der Waals surface area contributed by atoms with Crippen molar-refractivity contribution < 1.29 is 12.3 Å². The van der Waals surface area contributed by atoms with Crippen molar-refractivity contribution in [3.8, 4) is 0 Å². The van der Waals surface area contributed by atoms with Gasteiger partial charge in [0.15, 0.2) is 16.6 Å². The molecule has 7 heteroatoms. The summed E-state index contributed by atoms with van der Waals surface area (Å²) in [6.45, 7) is 22.4. The monoisotopic (exact) mass is 384 g/mol. The molecule has 0 spiro atoms. The quantitative estimate of drug-likeness (QED) is 0.481. The van der Waals surface area contributed by atoms with Gasteiger partial charge >= 0.3 is 8.56 Å². The van der Waals surface area contributed by atoms with Gasteiger partial charge in [0.1, 0.15) is 0 Å². The van der Waals surface area contributed by atoms with Gasteiger partial charge in [0.2, 0.25) is 0 Å². The fourth-order valence-corrected chi connectivity index (χ4v) is 15.3. The van der Waals surface area contributed by atoms with Gasteiger partial charge in [-0.3, -0.25) is 0 Å². The number of hydrogen-bond donors (Lipinski definition) is 0. The summed E-state index contributed by atoms with van der Waals surface area (Å²) in [5, 5.41) is 0. The lowest BCUT2D eigenvalue weighted by Gasteiger charge is -2.35. The highest BCUT2D eigenvalue weighted by atomic mass is 28.5. The molecule has 22 heavy (non-hydrogen) atoms. The van der Waals surface area contributed by atoms with Gasteiger partial charge in [0, 0.05) is 0 Å². The standard InChI is InChI=1S/C11H28O3Si4.4CH4/c1-10-16(4,5)12-15(3)13-18(8,9)14-17(6,7)11-2;;;;/h10-11,15H,1-2H2,3-9H3;4*1H4. The molecule has 0 saturated carbocycles. The van der Waals surface area contributed by atoms with Gasteiger partial charge < -0.3 is 12.3 Å². The highest BCUT2D eigenvalue weighted by Gasteiger charge is 2.35. The zero-order valence-electron chi connectivity index (χ0n) is 12.9. The van der Waals surface area contributed by atoms with E-state index < -0.39 is 34.5 Å². The van der Waals surface area contributed by atoms with E-state index in [9.17, 15) is 0 Å². The van der Waals surface area contributed by atoms with Crippen LogP contribution in [0.1, 0.15) is 29.7 Å². The maximum absolute atomic E-state index is 6.18. The molecule has 0 rings (SSSR count). The Morgan fingerprint density at radius 1 is 0.727 bits per heavy atom. The maximum Gasteiger partial charge on any atom is 0.312 e. The molecular formula is C15H44O3Si4. The number of hydrogen-bond acceptors (Lipinski definition) is 3. The SMILES string of the molecule is C.C.C.C.C=C[Si](C)(C)O[SiH](C)O[Si](C)(C)O[Si](C)(C)C=C. The van der Waals surface area contributed by atoms with Crippen LogP contribution in [0, 0.1) is 0 Å². The molecule has 0 N–H and O–H groups in total. The van der Waals surface area contributed by atoms with Gasteiger partial charge in [-0.25, -0.2) is 0 Å². The van der Waals surface area contributed by atoms with E-state index in [2.05, 4.69) is 59.0 Å². The molecule has 0 fully saturated rings. The molecule has 1 atom stereocenters. The van der Waals surface area contributed by atoms with Gasteiger partial charge in [-0.1, -0.05) is 41.1 Å². The number of rotatable bonds is 8. The molecule has 0 aliphatic carbocycles. The summed E-state index contributed by atoms with van der Waals surface area (Å²) < 4.78 is 18.3. The molecule has 0 aromatic rings. The van der Waals surface area contributed by atoms with Crippen LogP contribution in [0.25, 0.3) is 0 Å². The summed E-state index contributed by atoms with van der Waals surface area (Å²) in [6.07, 6.45) is 0. The average molecular weight is 385 g/mol.